The van der Waals surface area contributed by atoms with E-state index in [0.29, 0.717) is 12.5 Å². The fourth-order valence-electron chi connectivity index (χ4n) is 2.89. The van der Waals surface area contributed by atoms with Gasteiger partial charge in [0, 0.05) is 18.1 Å². The normalized spacial score (nSPS) is 27.2. The van der Waals surface area contributed by atoms with Crippen molar-refractivity contribution in [1.82, 2.24) is 0 Å². The third-order valence-corrected chi connectivity index (χ3v) is 3.90. The molecule has 0 spiro atoms. The van der Waals surface area contributed by atoms with Crippen molar-refractivity contribution in [2.24, 2.45) is 11.8 Å². The van der Waals surface area contributed by atoms with Gasteiger partial charge >= 0.3 is 0 Å². The van der Waals surface area contributed by atoms with Gasteiger partial charge in [-0.3, -0.25) is 4.79 Å². The number of methoxy groups -OCH3 is 1. The average Bonchev–Trinajstić information content (AvgIpc) is 2.39. The summed E-state index contributed by atoms with van der Waals surface area (Å²) in [6.07, 6.45) is 2.00. The molecule has 3 heteroatoms. The summed E-state index contributed by atoms with van der Waals surface area (Å²) in [5, 5.41) is 0. The molecule has 0 unspecified atom stereocenters. The lowest BCUT2D eigenvalue weighted by atomic mass is 9.73. The molecule has 2 atom stereocenters. The zero-order valence-corrected chi connectivity index (χ0v) is 9.94. The Morgan fingerprint density at radius 1 is 1.41 bits per heavy atom. The van der Waals surface area contributed by atoms with Crippen molar-refractivity contribution in [2.75, 3.05) is 20.3 Å². The number of hydrogen-bond donors (Lipinski definition) is 0. The Labute approximate surface area is 101 Å². The monoisotopic (exact) mass is 232 g/mol. The van der Waals surface area contributed by atoms with Crippen LogP contribution in [-0.4, -0.2) is 26.1 Å². The van der Waals surface area contributed by atoms with Crippen molar-refractivity contribution < 1.29 is 14.3 Å². The lowest BCUT2D eigenvalue weighted by Crippen LogP contribution is -2.38. The standard InChI is InChI=1S/C14H16O3/c1-16-11-3-2-9-6-10-4-5-17-8-13(10)14(15)12(9)7-11/h2-3,7,10,13H,4-6,8H2,1H3/t10-,13+/m0/s1. The first-order valence-electron chi connectivity index (χ1n) is 6.08. The fraction of sp³-hybridized carbons (Fsp3) is 0.500. The molecule has 0 aromatic heterocycles. The molecule has 0 bridgehead atoms. The quantitative estimate of drug-likeness (QED) is 0.743. The minimum Gasteiger partial charge on any atom is -0.497 e. The number of hydrogen-bond acceptors (Lipinski definition) is 3. The number of rotatable bonds is 1. The van der Waals surface area contributed by atoms with Crippen LogP contribution in [0.1, 0.15) is 22.3 Å². The van der Waals surface area contributed by atoms with E-state index in [2.05, 4.69) is 0 Å². The Morgan fingerprint density at radius 3 is 3.12 bits per heavy atom. The Morgan fingerprint density at radius 2 is 2.29 bits per heavy atom. The fourth-order valence-corrected chi connectivity index (χ4v) is 2.89. The Kier molecular flexibility index (Phi) is 2.63. The van der Waals surface area contributed by atoms with Crippen molar-refractivity contribution in [1.29, 1.82) is 0 Å². The number of ketones is 1. The molecule has 2 aliphatic rings. The predicted octanol–water partition coefficient (Wildman–Crippen LogP) is 2.09. The highest BCUT2D eigenvalue weighted by molar-refractivity contribution is 6.01. The second-order valence-corrected chi connectivity index (χ2v) is 4.82. The van der Waals surface area contributed by atoms with Gasteiger partial charge in [0.2, 0.25) is 0 Å². The summed E-state index contributed by atoms with van der Waals surface area (Å²) >= 11 is 0. The molecule has 1 aromatic rings. The minimum absolute atomic E-state index is 0.0587. The largest absolute Gasteiger partial charge is 0.497 e. The highest BCUT2D eigenvalue weighted by Gasteiger charge is 2.37. The van der Waals surface area contributed by atoms with Gasteiger partial charge in [0.05, 0.1) is 13.7 Å². The zero-order chi connectivity index (χ0) is 11.8. The van der Waals surface area contributed by atoms with E-state index in [0.717, 1.165) is 30.8 Å². The molecule has 17 heavy (non-hydrogen) atoms. The molecule has 0 amide bonds. The van der Waals surface area contributed by atoms with E-state index >= 15 is 0 Å². The van der Waals surface area contributed by atoms with Gasteiger partial charge in [0.15, 0.2) is 5.78 Å². The van der Waals surface area contributed by atoms with Crippen LogP contribution in [-0.2, 0) is 11.2 Å². The molecule has 1 heterocycles. The highest BCUT2D eigenvalue weighted by atomic mass is 16.5. The Balaban J connectivity index is 2.00. The number of Topliss-reactive ketones (excluding diaryl/α,β-unsaturated/α-hetero) is 1. The van der Waals surface area contributed by atoms with Crippen LogP contribution in [0.4, 0.5) is 0 Å². The minimum atomic E-state index is 0.0587. The topological polar surface area (TPSA) is 35.5 Å². The van der Waals surface area contributed by atoms with E-state index in [9.17, 15) is 4.79 Å². The van der Waals surface area contributed by atoms with Gasteiger partial charge in [-0.1, -0.05) is 6.07 Å². The van der Waals surface area contributed by atoms with Crippen LogP contribution in [0.15, 0.2) is 18.2 Å². The molecule has 90 valence electrons. The molecule has 3 nitrogen and oxygen atoms in total. The highest BCUT2D eigenvalue weighted by Crippen LogP contribution is 2.36. The average molecular weight is 232 g/mol. The molecule has 1 saturated heterocycles. The summed E-state index contributed by atoms with van der Waals surface area (Å²) in [6, 6.07) is 5.83. The molecule has 3 rings (SSSR count). The summed E-state index contributed by atoms with van der Waals surface area (Å²) in [7, 11) is 1.63. The maximum absolute atomic E-state index is 12.4. The Bertz CT molecular complexity index is 453. The molecular weight excluding hydrogens is 216 g/mol. The van der Waals surface area contributed by atoms with Crippen LogP contribution in [0.2, 0.25) is 0 Å². The van der Waals surface area contributed by atoms with E-state index in [4.69, 9.17) is 9.47 Å². The maximum Gasteiger partial charge on any atom is 0.168 e. The van der Waals surface area contributed by atoms with Gasteiger partial charge in [-0.15, -0.1) is 0 Å². The molecule has 1 aliphatic heterocycles. The van der Waals surface area contributed by atoms with E-state index in [-0.39, 0.29) is 11.7 Å². The number of benzene rings is 1. The molecule has 0 saturated carbocycles. The number of carbonyl (C=O) groups is 1. The SMILES string of the molecule is COc1ccc2c(c1)C(=O)[C@@H]1COCC[C@H]1C2. The molecular formula is C14H16O3. The van der Waals surface area contributed by atoms with E-state index in [1.165, 1.54) is 5.56 Å². The van der Waals surface area contributed by atoms with E-state index in [1.807, 2.05) is 18.2 Å². The van der Waals surface area contributed by atoms with Gasteiger partial charge in [-0.25, -0.2) is 0 Å². The van der Waals surface area contributed by atoms with Crippen LogP contribution in [0.5, 0.6) is 5.75 Å². The van der Waals surface area contributed by atoms with Crippen molar-refractivity contribution >= 4 is 5.78 Å². The van der Waals surface area contributed by atoms with Gasteiger partial charge in [0.1, 0.15) is 5.75 Å². The molecule has 0 N–H and O–H groups in total. The Hall–Kier alpha value is -1.35. The zero-order valence-electron chi connectivity index (χ0n) is 9.94. The number of carbonyl (C=O) groups excluding carboxylic acids is 1. The van der Waals surface area contributed by atoms with Gasteiger partial charge in [0.25, 0.3) is 0 Å². The molecule has 0 radical (unpaired) electrons. The summed E-state index contributed by atoms with van der Waals surface area (Å²) in [5.74, 6) is 1.52. The third-order valence-electron chi connectivity index (χ3n) is 3.90. The summed E-state index contributed by atoms with van der Waals surface area (Å²) in [6.45, 7) is 1.38. The lowest BCUT2D eigenvalue weighted by molar-refractivity contribution is 0.0159. The van der Waals surface area contributed by atoms with Gasteiger partial charge in [-0.2, -0.15) is 0 Å². The molecule has 1 fully saturated rings. The summed E-state index contributed by atoms with van der Waals surface area (Å²) in [5.41, 5.74) is 2.00. The van der Waals surface area contributed by atoms with Crippen molar-refractivity contribution in [3.63, 3.8) is 0 Å². The first-order valence-corrected chi connectivity index (χ1v) is 6.08. The molecule has 1 aliphatic carbocycles. The molecule has 1 aromatic carbocycles. The number of fused-ring (bicyclic) bond motifs is 2. The van der Waals surface area contributed by atoms with Crippen molar-refractivity contribution in [3.05, 3.63) is 29.3 Å². The summed E-state index contributed by atoms with van der Waals surface area (Å²) < 4.78 is 10.6. The summed E-state index contributed by atoms with van der Waals surface area (Å²) in [4.78, 5) is 12.4. The van der Waals surface area contributed by atoms with Crippen LogP contribution in [0, 0.1) is 11.8 Å². The van der Waals surface area contributed by atoms with Crippen LogP contribution >= 0.6 is 0 Å². The van der Waals surface area contributed by atoms with Crippen molar-refractivity contribution in [2.45, 2.75) is 12.8 Å². The predicted molar refractivity (Wildman–Crippen MR) is 63.4 cm³/mol. The maximum atomic E-state index is 12.4. The first kappa shape index (κ1) is 10.8. The van der Waals surface area contributed by atoms with E-state index < -0.39 is 0 Å². The van der Waals surface area contributed by atoms with E-state index in [1.54, 1.807) is 7.11 Å². The van der Waals surface area contributed by atoms with Crippen LogP contribution < -0.4 is 4.74 Å². The van der Waals surface area contributed by atoms with Gasteiger partial charge in [-0.05, 0) is 36.5 Å². The second kappa shape index (κ2) is 4.15. The van der Waals surface area contributed by atoms with Crippen LogP contribution in [0.25, 0.3) is 0 Å². The first-order chi connectivity index (χ1) is 8.29. The third kappa shape index (κ3) is 1.75. The van der Waals surface area contributed by atoms with Crippen molar-refractivity contribution in [3.8, 4) is 5.75 Å². The second-order valence-electron chi connectivity index (χ2n) is 4.82. The number of ether oxygens (including phenoxy) is 2. The smallest absolute Gasteiger partial charge is 0.168 e. The van der Waals surface area contributed by atoms with Gasteiger partial charge < -0.3 is 9.47 Å². The lowest BCUT2D eigenvalue weighted by Gasteiger charge is -2.35. The van der Waals surface area contributed by atoms with Crippen LogP contribution in [0.3, 0.4) is 0 Å².